The largest absolute Gasteiger partial charge is 0.311 e. The topological polar surface area (TPSA) is 15.3 Å². The molecule has 0 saturated carbocycles. The highest BCUT2D eigenvalue weighted by Gasteiger charge is 2.42. The van der Waals surface area contributed by atoms with Crippen LogP contribution in [-0.2, 0) is 0 Å². The molecule has 2 heterocycles. The molecular formula is C15H30N2. The molecule has 0 amide bonds. The maximum Gasteiger partial charge on any atom is 0.0233 e. The minimum absolute atomic E-state index is 0.456. The van der Waals surface area contributed by atoms with E-state index in [0.29, 0.717) is 5.54 Å². The molecule has 2 aliphatic heterocycles. The van der Waals surface area contributed by atoms with Gasteiger partial charge in [0.25, 0.3) is 0 Å². The normalized spacial score (nSPS) is 33.2. The molecule has 2 rings (SSSR count). The van der Waals surface area contributed by atoms with Crippen LogP contribution in [0.15, 0.2) is 0 Å². The summed E-state index contributed by atoms with van der Waals surface area (Å²) in [5, 5.41) is 3.92. The van der Waals surface area contributed by atoms with Crippen molar-refractivity contribution in [1.29, 1.82) is 0 Å². The van der Waals surface area contributed by atoms with E-state index in [9.17, 15) is 0 Å². The summed E-state index contributed by atoms with van der Waals surface area (Å²) in [6.07, 6.45) is 7.01. The number of nitrogens with one attached hydrogen (secondary N) is 1. The minimum atomic E-state index is 0.456. The van der Waals surface area contributed by atoms with Crippen molar-refractivity contribution < 1.29 is 0 Å². The number of piperidine rings is 2. The van der Waals surface area contributed by atoms with E-state index in [1.54, 1.807) is 0 Å². The van der Waals surface area contributed by atoms with Crippen molar-refractivity contribution >= 4 is 0 Å². The average molecular weight is 238 g/mol. The lowest BCUT2D eigenvalue weighted by atomic mass is 9.67. The number of hydrogen-bond acceptors (Lipinski definition) is 2. The van der Waals surface area contributed by atoms with Crippen LogP contribution in [-0.4, -0.2) is 36.6 Å². The van der Waals surface area contributed by atoms with E-state index < -0.39 is 0 Å². The average Bonchev–Trinajstić information content (AvgIpc) is 2.39. The fraction of sp³-hybridized carbons (Fsp3) is 1.00. The van der Waals surface area contributed by atoms with Gasteiger partial charge in [0.1, 0.15) is 0 Å². The van der Waals surface area contributed by atoms with Gasteiger partial charge in [-0.15, -0.1) is 0 Å². The van der Waals surface area contributed by atoms with Gasteiger partial charge < -0.3 is 10.2 Å². The molecule has 0 aromatic rings. The van der Waals surface area contributed by atoms with Gasteiger partial charge in [0.15, 0.2) is 0 Å². The van der Waals surface area contributed by atoms with Gasteiger partial charge in [-0.25, -0.2) is 0 Å². The standard InChI is InChI=1S/C15H30N2/c1-4-17-11-7-14(8-12-17)15(13(2)3)9-5-6-10-16-15/h13-14,16H,4-12H2,1-3H3. The summed E-state index contributed by atoms with van der Waals surface area (Å²) in [5.74, 6) is 1.69. The first-order valence-electron chi connectivity index (χ1n) is 7.66. The molecule has 2 aliphatic rings. The van der Waals surface area contributed by atoms with Gasteiger partial charge in [0.05, 0.1) is 0 Å². The highest BCUT2D eigenvalue weighted by Crippen LogP contribution is 2.39. The molecular weight excluding hydrogens is 208 g/mol. The second-order valence-electron chi connectivity index (χ2n) is 6.29. The monoisotopic (exact) mass is 238 g/mol. The van der Waals surface area contributed by atoms with E-state index in [0.717, 1.165) is 11.8 Å². The molecule has 1 atom stereocenters. The Hall–Kier alpha value is -0.0800. The maximum atomic E-state index is 3.92. The molecule has 1 unspecified atom stereocenters. The zero-order valence-corrected chi connectivity index (χ0v) is 12.0. The molecule has 0 aromatic heterocycles. The highest BCUT2D eigenvalue weighted by atomic mass is 15.1. The molecule has 100 valence electrons. The SMILES string of the molecule is CCN1CCC(C2(C(C)C)CCCCN2)CC1. The second-order valence-corrected chi connectivity index (χ2v) is 6.29. The smallest absolute Gasteiger partial charge is 0.0233 e. The van der Waals surface area contributed by atoms with Crippen LogP contribution in [0.5, 0.6) is 0 Å². The fourth-order valence-electron chi connectivity index (χ4n) is 4.03. The van der Waals surface area contributed by atoms with Crippen molar-refractivity contribution in [3.05, 3.63) is 0 Å². The molecule has 0 radical (unpaired) electrons. The van der Waals surface area contributed by atoms with Crippen LogP contribution < -0.4 is 5.32 Å². The molecule has 2 nitrogen and oxygen atoms in total. The maximum absolute atomic E-state index is 3.92. The van der Waals surface area contributed by atoms with E-state index in [-0.39, 0.29) is 0 Å². The van der Waals surface area contributed by atoms with E-state index in [4.69, 9.17) is 0 Å². The van der Waals surface area contributed by atoms with Crippen molar-refractivity contribution in [3.63, 3.8) is 0 Å². The van der Waals surface area contributed by atoms with Crippen LogP contribution in [0.25, 0.3) is 0 Å². The van der Waals surface area contributed by atoms with Gasteiger partial charge in [-0.3, -0.25) is 0 Å². The highest BCUT2D eigenvalue weighted by molar-refractivity contribution is 5.00. The number of nitrogens with zero attached hydrogens (tertiary/aromatic N) is 1. The van der Waals surface area contributed by atoms with Crippen LogP contribution >= 0.6 is 0 Å². The zero-order valence-electron chi connectivity index (χ0n) is 12.0. The van der Waals surface area contributed by atoms with Crippen LogP contribution in [0.4, 0.5) is 0 Å². The van der Waals surface area contributed by atoms with Gasteiger partial charge in [0, 0.05) is 5.54 Å². The van der Waals surface area contributed by atoms with E-state index in [1.165, 1.54) is 58.3 Å². The van der Waals surface area contributed by atoms with E-state index >= 15 is 0 Å². The zero-order chi connectivity index (χ0) is 12.3. The molecule has 2 saturated heterocycles. The van der Waals surface area contributed by atoms with Gasteiger partial charge in [-0.1, -0.05) is 27.2 Å². The predicted molar refractivity (Wildman–Crippen MR) is 74.3 cm³/mol. The molecule has 17 heavy (non-hydrogen) atoms. The van der Waals surface area contributed by atoms with Crippen LogP contribution in [0.2, 0.25) is 0 Å². The Morgan fingerprint density at radius 3 is 2.41 bits per heavy atom. The first kappa shape index (κ1) is 13.4. The predicted octanol–water partition coefficient (Wildman–Crippen LogP) is 2.89. The van der Waals surface area contributed by atoms with Crippen molar-refractivity contribution in [3.8, 4) is 0 Å². The summed E-state index contributed by atoms with van der Waals surface area (Å²) in [6, 6.07) is 0. The first-order chi connectivity index (χ1) is 8.19. The molecule has 2 fully saturated rings. The third kappa shape index (κ3) is 2.68. The quantitative estimate of drug-likeness (QED) is 0.813. The molecule has 0 aliphatic carbocycles. The lowest BCUT2D eigenvalue weighted by molar-refractivity contribution is 0.0539. The van der Waals surface area contributed by atoms with Gasteiger partial charge in [0.2, 0.25) is 0 Å². The molecule has 0 bridgehead atoms. The molecule has 0 aromatic carbocycles. The Morgan fingerprint density at radius 1 is 1.24 bits per heavy atom. The first-order valence-corrected chi connectivity index (χ1v) is 7.66. The summed E-state index contributed by atoms with van der Waals surface area (Å²) in [6.45, 7) is 12.2. The van der Waals surface area contributed by atoms with Crippen LogP contribution in [0, 0.1) is 11.8 Å². The second kappa shape index (κ2) is 5.71. The third-order valence-electron chi connectivity index (χ3n) is 5.26. The number of rotatable bonds is 3. The lowest BCUT2D eigenvalue weighted by Gasteiger charge is -2.50. The Balaban J connectivity index is 2.02. The summed E-state index contributed by atoms with van der Waals surface area (Å²) < 4.78 is 0. The fourth-order valence-corrected chi connectivity index (χ4v) is 4.03. The van der Waals surface area contributed by atoms with Crippen molar-refractivity contribution in [2.45, 2.75) is 58.4 Å². The van der Waals surface area contributed by atoms with Crippen molar-refractivity contribution in [2.75, 3.05) is 26.2 Å². The number of hydrogen-bond donors (Lipinski definition) is 1. The van der Waals surface area contributed by atoms with Crippen LogP contribution in [0.1, 0.15) is 52.9 Å². The summed E-state index contributed by atoms with van der Waals surface area (Å²) in [4.78, 5) is 2.60. The number of likely N-dealkylation sites (tertiary alicyclic amines) is 1. The van der Waals surface area contributed by atoms with Crippen LogP contribution in [0.3, 0.4) is 0 Å². The van der Waals surface area contributed by atoms with Gasteiger partial charge >= 0.3 is 0 Å². The molecule has 1 N–H and O–H groups in total. The molecule has 2 heteroatoms. The Kier molecular flexibility index (Phi) is 4.48. The van der Waals surface area contributed by atoms with E-state index in [2.05, 4.69) is 31.0 Å². The lowest BCUT2D eigenvalue weighted by Crippen LogP contribution is -2.59. The summed E-state index contributed by atoms with van der Waals surface area (Å²) in [5.41, 5.74) is 0.456. The van der Waals surface area contributed by atoms with Crippen molar-refractivity contribution in [2.24, 2.45) is 11.8 Å². The summed E-state index contributed by atoms with van der Waals surface area (Å²) >= 11 is 0. The Bertz CT molecular complexity index is 223. The van der Waals surface area contributed by atoms with E-state index in [1.807, 2.05) is 0 Å². The van der Waals surface area contributed by atoms with Crippen molar-refractivity contribution in [1.82, 2.24) is 10.2 Å². The van der Waals surface area contributed by atoms with Gasteiger partial charge in [-0.05, 0) is 63.7 Å². The molecule has 0 spiro atoms. The Labute approximate surface area is 107 Å². The van der Waals surface area contributed by atoms with Gasteiger partial charge in [-0.2, -0.15) is 0 Å². The Morgan fingerprint density at radius 2 is 1.94 bits per heavy atom. The summed E-state index contributed by atoms with van der Waals surface area (Å²) in [7, 11) is 0. The third-order valence-corrected chi connectivity index (χ3v) is 5.26. The minimum Gasteiger partial charge on any atom is -0.311 e.